The van der Waals surface area contributed by atoms with Gasteiger partial charge in [-0.3, -0.25) is 4.79 Å². The zero-order valence-electron chi connectivity index (χ0n) is 19.3. The van der Waals surface area contributed by atoms with E-state index in [1.165, 1.54) is 0 Å². The normalized spacial score (nSPS) is 13.9. The second-order valence-electron chi connectivity index (χ2n) is 8.58. The summed E-state index contributed by atoms with van der Waals surface area (Å²) < 4.78 is 1.67. The van der Waals surface area contributed by atoms with E-state index >= 15 is 0 Å². The summed E-state index contributed by atoms with van der Waals surface area (Å²) in [7, 11) is 0. The van der Waals surface area contributed by atoms with Crippen molar-refractivity contribution < 1.29 is 4.79 Å². The van der Waals surface area contributed by atoms with Crippen LogP contribution in [0.3, 0.4) is 0 Å². The maximum atomic E-state index is 13.2. The quantitative estimate of drug-likeness (QED) is 0.409. The summed E-state index contributed by atoms with van der Waals surface area (Å²) in [6, 6.07) is 13.8. The topological polar surface area (TPSA) is 99.5 Å². The zero-order chi connectivity index (χ0) is 23.5. The maximum absolute atomic E-state index is 13.2. The Morgan fingerprint density at radius 1 is 1.06 bits per heavy atom. The van der Waals surface area contributed by atoms with Crippen molar-refractivity contribution in [2.24, 2.45) is 0 Å². The Morgan fingerprint density at radius 2 is 1.88 bits per heavy atom. The molecule has 0 radical (unpaired) electrons. The number of benzene rings is 1. The standard InChI is InChI=1S/C25H28N8O/c1-17(2)29-23-8-7-18(15-27-23)19-16-28-33-12-9-21(30-24(19)33)25(34)31-20-5-3-4-6-22(20)32-13-10-26-11-14-32/h3-9,12,15-17,26H,10-11,13-14H2,1-2H3,(H,27,29)(H,31,34). The molecule has 1 fully saturated rings. The van der Waals surface area contributed by atoms with Crippen LogP contribution >= 0.6 is 0 Å². The number of carbonyl (C=O) groups excluding carboxylic acids is 1. The molecule has 1 saturated heterocycles. The smallest absolute Gasteiger partial charge is 0.274 e. The number of hydrogen-bond acceptors (Lipinski definition) is 7. The van der Waals surface area contributed by atoms with Gasteiger partial charge in [0, 0.05) is 55.7 Å². The molecule has 3 N–H and O–H groups in total. The highest BCUT2D eigenvalue weighted by atomic mass is 16.1. The third-order valence-corrected chi connectivity index (χ3v) is 5.72. The predicted octanol–water partition coefficient (Wildman–Crippen LogP) is 3.27. The van der Waals surface area contributed by atoms with Crippen molar-refractivity contribution in [2.75, 3.05) is 41.7 Å². The Labute approximate surface area is 198 Å². The van der Waals surface area contributed by atoms with Crippen molar-refractivity contribution in [3.8, 4) is 11.1 Å². The monoisotopic (exact) mass is 456 g/mol. The fourth-order valence-corrected chi connectivity index (χ4v) is 4.08. The molecule has 9 heteroatoms. The van der Waals surface area contributed by atoms with Gasteiger partial charge in [0.15, 0.2) is 5.65 Å². The van der Waals surface area contributed by atoms with Crippen LogP contribution in [0.4, 0.5) is 17.2 Å². The molecule has 0 atom stereocenters. The van der Waals surface area contributed by atoms with Gasteiger partial charge in [-0.05, 0) is 44.2 Å². The lowest BCUT2D eigenvalue weighted by Crippen LogP contribution is -2.43. The van der Waals surface area contributed by atoms with Crippen molar-refractivity contribution in [2.45, 2.75) is 19.9 Å². The van der Waals surface area contributed by atoms with Crippen molar-refractivity contribution in [1.29, 1.82) is 0 Å². The Bertz CT molecular complexity index is 1290. The molecule has 0 unspecified atom stereocenters. The Hall–Kier alpha value is -3.98. The molecule has 34 heavy (non-hydrogen) atoms. The van der Waals surface area contributed by atoms with Crippen LogP contribution in [0.25, 0.3) is 16.8 Å². The zero-order valence-corrected chi connectivity index (χ0v) is 19.3. The van der Waals surface area contributed by atoms with E-state index in [1.54, 1.807) is 29.2 Å². The van der Waals surface area contributed by atoms with Crippen LogP contribution in [0.1, 0.15) is 24.3 Å². The number of anilines is 3. The minimum Gasteiger partial charge on any atom is -0.368 e. The van der Waals surface area contributed by atoms with E-state index in [0.29, 0.717) is 17.4 Å². The molecule has 0 bridgehead atoms. The number of piperazine rings is 1. The first kappa shape index (κ1) is 21.8. The van der Waals surface area contributed by atoms with E-state index in [4.69, 9.17) is 0 Å². The summed E-state index contributed by atoms with van der Waals surface area (Å²) in [4.78, 5) is 24.6. The highest BCUT2D eigenvalue weighted by molar-refractivity contribution is 6.05. The average molecular weight is 457 g/mol. The molecule has 1 aliphatic rings. The summed E-state index contributed by atoms with van der Waals surface area (Å²) in [5.74, 6) is 0.554. The minimum atomic E-state index is -0.258. The molecule has 1 amide bonds. The van der Waals surface area contributed by atoms with E-state index in [9.17, 15) is 4.79 Å². The summed E-state index contributed by atoms with van der Waals surface area (Å²) in [6.07, 6.45) is 5.29. The summed E-state index contributed by atoms with van der Waals surface area (Å²) in [5.41, 5.74) is 4.44. The molecule has 0 aliphatic carbocycles. The molecule has 4 aromatic rings. The fourth-order valence-electron chi connectivity index (χ4n) is 4.08. The molecule has 4 heterocycles. The summed E-state index contributed by atoms with van der Waals surface area (Å²) in [5, 5.41) is 14.1. The van der Waals surface area contributed by atoms with E-state index in [1.807, 2.05) is 36.4 Å². The van der Waals surface area contributed by atoms with E-state index in [0.717, 1.165) is 54.5 Å². The van der Waals surface area contributed by atoms with Gasteiger partial charge in [-0.1, -0.05) is 12.1 Å². The van der Waals surface area contributed by atoms with Gasteiger partial charge < -0.3 is 20.9 Å². The van der Waals surface area contributed by atoms with Crippen molar-refractivity contribution in [3.05, 3.63) is 66.7 Å². The summed E-state index contributed by atoms with van der Waals surface area (Å²) >= 11 is 0. The van der Waals surface area contributed by atoms with Gasteiger partial charge in [0.25, 0.3) is 5.91 Å². The van der Waals surface area contributed by atoms with Gasteiger partial charge in [0.05, 0.1) is 17.6 Å². The Balaban J connectivity index is 1.40. The average Bonchev–Trinajstić information content (AvgIpc) is 3.28. The van der Waals surface area contributed by atoms with Crippen LogP contribution in [0.2, 0.25) is 0 Å². The van der Waals surface area contributed by atoms with Gasteiger partial charge in [0.2, 0.25) is 0 Å². The number of pyridine rings is 1. The third-order valence-electron chi connectivity index (χ3n) is 5.72. The molecule has 3 aromatic heterocycles. The highest BCUT2D eigenvalue weighted by Crippen LogP contribution is 2.27. The molecule has 9 nitrogen and oxygen atoms in total. The Kier molecular flexibility index (Phi) is 6.09. The van der Waals surface area contributed by atoms with Crippen LogP contribution in [0, 0.1) is 0 Å². The third kappa shape index (κ3) is 4.55. The number of nitrogens with zero attached hydrogens (tertiary/aromatic N) is 5. The molecular formula is C25H28N8O. The predicted molar refractivity (Wildman–Crippen MR) is 134 cm³/mol. The van der Waals surface area contributed by atoms with Gasteiger partial charge in [0.1, 0.15) is 11.5 Å². The Morgan fingerprint density at radius 3 is 2.65 bits per heavy atom. The fraction of sp³-hybridized carbons (Fsp3) is 0.280. The molecule has 1 aliphatic heterocycles. The SMILES string of the molecule is CC(C)Nc1ccc(-c2cnn3ccc(C(=O)Nc4ccccc4N4CCNCC4)nc23)cn1. The first-order valence-corrected chi connectivity index (χ1v) is 11.5. The largest absolute Gasteiger partial charge is 0.368 e. The lowest BCUT2D eigenvalue weighted by atomic mass is 10.1. The van der Waals surface area contributed by atoms with E-state index in [-0.39, 0.29) is 5.91 Å². The summed E-state index contributed by atoms with van der Waals surface area (Å²) in [6.45, 7) is 7.78. The maximum Gasteiger partial charge on any atom is 0.274 e. The number of hydrogen-bond donors (Lipinski definition) is 3. The number of para-hydroxylation sites is 2. The minimum absolute atomic E-state index is 0.258. The van der Waals surface area contributed by atoms with Crippen molar-refractivity contribution >= 4 is 28.7 Å². The van der Waals surface area contributed by atoms with E-state index < -0.39 is 0 Å². The van der Waals surface area contributed by atoms with Crippen LogP contribution in [0.5, 0.6) is 0 Å². The molecule has 0 saturated carbocycles. The number of fused-ring (bicyclic) bond motifs is 1. The molecule has 1 aromatic carbocycles. The van der Waals surface area contributed by atoms with Crippen LogP contribution in [0.15, 0.2) is 61.1 Å². The highest BCUT2D eigenvalue weighted by Gasteiger charge is 2.18. The van der Waals surface area contributed by atoms with Crippen LogP contribution in [-0.2, 0) is 0 Å². The molecule has 5 rings (SSSR count). The lowest BCUT2D eigenvalue weighted by Gasteiger charge is -2.31. The number of rotatable bonds is 6. The van der Waals surface area contributed by atoms with Crippen molar-refractivity contribution in [1.82, 2.24) is 24.9 Å². The number of amides is 1. The molecular weight excluding hydrogens is 428 g/mol. The molecule has 0 spiro atoms. The van der Waals surface area contributed by atoms with Crippen LogP contribution in [-0.4, -0.2) is 57.7 Å². The number of nitrogens with one attached hydrogen (secondary N) is 3. The second kappa shape index (κ2) is 9.48. The van der Waals surface area contributed by atoms with E-state index in [2.05, 4.69) is 49.8 Å². The first-order valence-electron chi connectivity index (χ1n) is 11.5. The first-order chi connectivity index (χ1) is 16.6. The van der Waals surface area contributed by atoms with Gasteiger partial charge in [-0.25, -0.2) is 14.5 Å². The van der Waals surface area contributed by atoms with Gasteiger partial charge in [-0.15, -0.1) is 0 Å². The van der Waals surface area contributed by atoms with Crippen molar-refractivity contribution in [3.63, 3.8) is 0 Å². The van der Waals surface area contributed by atoms with Gasteiger partial charge >= 0.3 is 0 Å². The number of aromatic nitrogens is 4. The number of carbonyl (C=O) groups is 1. The van der Waals surface area contributed by atoms with Gasteiger partial charge in [-0.2, -0.15) is 5.10 Å². The van der Waals surface area contributed by atoms with Crippen LogP contribution < -0.4 is 20.9 Å². The lowest BCUT2D eigenvalue weighted by molar-refractivity contribution is 0.102. The molecule has 174 valence electrons. The second-order valence-corrected chi connectivity index (χ2v) is 8.58.